The smallest absolute Gasteiger partial charge is 0.270 e. The van der Waals surface area contributed by atoms with Gasteiger partial charge in [-0.3, -0.25) is 19.8 Å². The molecular formula is C22H22ClFN4O3. The Morgan fingerprint density at radius 1 is 1.23 bits per heavy atom. The summed E-state index contributed by atoms with van der Waals surface area (Å²) >= 11 is 6.30. The largest absolute Gasteiger partial charge is 0.353 e. The molecule has 0 aliphatic carbocycles. The number of carbonyl (C=O) groups excluding carboxylic acids is 1. The summed E-state index contributed by atoms with van der Waals surface area (Å²) in [5, 5.41) is 14.9. The van der Waals surface area contributed by atoms with Crippen LogP contribution in [0.1, 0.15) is 24.4 Å². The lowest BCUT2D eigenvalue weighted by molar-refractivity contribution is -0.384. The molecule has 0 spiro atoms. The van der Waals surface area contributed by atoms with Gasteiger partial charge in [-0.05, 0) is 50.2 Å². The molecular weight excluding hydrogens is 423 g/mol. The lowest BCUT2D eigenvalue weighted by Crippen LogP contribution is -2.38. The summed E-state index contributed by atoms with van der Waals surface area (Å²) in [7, 11) is 0. The molecule has 1 saturated heterocycles. The fraction of sp³-hybridized carbons (Fsp3) is 0.318. The van der Waals surface area contributed by atoms with Gasteiger partial charge in [0, 0.05) is 46.4 Å². The van der Waals surface area contributed by atoms with Gasteiger partial charge in [-0.15, -0.1) is 0 Å². The third kappa shape index (κ3) is 4.55. The van der Waals surface area contributed by atoms with Crippen molar-refractivity contribution in [2.45, 2.75) is 25.4 Å². The molecule has 1 aromatic heterocycles. The Balaban J connectivity index is 1.48. The van der Waals surface area contributed by atoms with Gasteiger partial charge in [-0.1, -0.05) is 17.7 Å². The van der Waals surface area contributed by atoms with Crippen molar-refractivity contribution in [2.75, 3.05) is 19.6 Å². The van der Waals surface area contributed by atoms with E-state index in [2.05, 4.69) is 10.2 Å². The van der Waals surface area contributed by atoms with E-state index in [1.165, 1.54) is 18.2 Å². The number of nitro benzene ring substituents is 1. The number of nitrogens with zero attached hydrogens (tertiary/aromatic N) is 3. The quantitative estimate of drug-likeness (QED) is 0.435. The molecule has 7 nitrogen and oxygen atoms in total. The number of rotatable bonds is 7. The third-order valence-electron chi connectivity index (χ3n) is 5.69. The van der Waals surface area contributed by atoms with Gasteiger partial charge in [0.05, 0.1) is 11.0 Å². The number of hydrogen-bond donors (Lipinski definition) is 1. The molecule has 1 atom stereocenters. The molecule has 2 aromatic carbocycles. The van der Waals surface area contributed by atoms with Crippen molar-refractivity contribution in [1.82, 2.24) is 14.8 Å². The SMILES string of the molecule is O=C(Cn1ccc2cc([N+](=O)[O-])ccc21)NC[C@H](c1c(F)cccc1Cl)N1CCCC1. The van der Waals surface area contributed by atoms with Gasteiger partial charge in [0.2, 0.25) is 5.91 Å². The predicted molar refractivity (Wildman–Crippen MR) is 117 cm³/mol. The van der Waals surface area contributed by atoms with Crippen LogP contribution in [0.5, 0.6) is 0 Å². The lowest BCUT2D eigenvalue weighted by atomic mass is 10.0. The molecule has 3 aromatic rings. The number of non-ortho nitro benzene ring substituents is 1. The number of carbonyl (C=O) groups is 1. The average molecular weight is 445 g/mol. The summed E-state index contributed by atoms with van der Waals surface area (Å²) in [5.41, 5.74) is 1.14. The normalized spacial score (nSPS) is 15.3. The number of hydrogen-bond acceptors (Lipinski definition) is 4. The second-order valence-corrected chi connectivity index (χ2v) is 8.05. The molecule has 1 amide bonds. The van der Waals surface area contributed by atoms with Gasteiger partial charge in [0.25, 0.3) is 5.69 Å². The molecule has 1 N–H and O–H groups in total. The van der Waals surface area contributed by atoms with Crippen LogP contribution in [0.4, 0.5) is 10.1 Å². The van der Waals surface area contributed by atoms with Crippen LogP contribution in [0.15, 0.2) is 48.7 Å². The molecule has 1 aliphatic heterocycles. The van der Waals surface area contributed by atoms with E-state index < -0.39 is 4.92 Å². The molecule has 1 fully saturated rings. The third-order valence-corrected chi connectivity index (χ3v) is 6.02. The minimum absolute atomic E-state index is 0.00456. The molecule has 0 bridgehead atoms. The maximum atomic E-state index is 14.6. The number of aromatic nitrogens is 1. The highest BCUT2D eigenvalue weighted by Gasteiger charge is 2.28. The molecule has 2 heterocycles. The van der Waals surface area contributed by atoms with E-state index in [0.717, 1.165) is 31.4 Å². The number of likely N-dealkylation sites (tertiary alicyclic amines) is 1. The fourth-order valence-corrected chi connectivity index (χ4v) is 4.45. The zero-order valence-corrected chi connectivity index (χ0v) is 17.5. The minimum Gasteiger partial charge on any atom is -0.353 e. The summed E-state index contributed by atoms with van der Waals surface area (Å²) in [6.07, 6.45) is 3.77. The molecule has 31 heavy (non-hydrogen) atoms. The summed E-state index contributed by atoms with van der Waals surface area (Å²) < 4.78 is 16.3. The second kappa shape index (κ2) is 9.03. The molecule has 0 unspecified atom stereocenters. The van der Waals surface area contributed by atoms with Crippen molar-refractivity contribution >= 4 is 34.1 Å². The maximum Gasteiger partial charge on any atom is 0.270 e. The van der Waals surface area contributed by atoms with E-state index in [0.29, 0.717) is 16.0 Å². The minimum atomic E-state index is -0.449. The summed E-state index contributed by atoms with van der Waals surface area (Å²) in [6.45, 7) is 1.95. The van der Waals surface area contributed by atoms with Crippen molar-refractivity contribution in [1.29, 1.82) is 0 Å². The molecule has 1 aliphatic rings. The lowest BCUT2D eigenvalue weighted by Gasteiger charge is -2.29. The van der Waals surface area contributed by atoms with Gasteiger partial charge in [-0.2, -0.15) is 0 Å². The van der Waals surface area contributed by atoms with Crippen molar-refractivity contribution in [3.63, 3.8) is 0 Å². The Hall–Kier alpha value is -2.97. The van der Waals surface area contributed by atoms with Crippen molar-refractivity contribution in [2.24, 2.45) is 0 Å². The van der Waals surface area contributed by atoms with Crippen LogP contribution < -0.4 is 5.32 Å². The van der Waals surface area contributed by atoms with Gasteiger partial charge < -0.3 is 9.88 Å². The van der Waals surface area contributed by atoms with Crippen LogP contribution in [0.25, 0.3) is 10.9 Å². The standard InChI is InChI=1S/C22H22ClFN4O3/c23-17-4-3-5-18(24)22(17)20(26-9-1-2-10-26)13-25-21(29)14-27-11-8-15-12-16(28(30)31)6-7-19(15)27/h3-8,11-12,20H,1-2,9-10,13-14H2,(H,25,29)/t20-/m1/s1. The first-order chi connectivity index (χ1) is 14.9. The van der Waals surface area contributed by atoms with Crippen molar-refractivity contribution in [3.05, 3.63) is 75.2 Å². The number of halogens is 2. The van der Waals surface area contributed by atoms with Crippen LogP contribution in [-0.4, -0.2) is 39.9 Å². The highest BCUT2D eigenvalue weighted by molar-refractivity contribution is 6.31. The predicted octanol–water partition coefficient (Wildman–Crippen LogP) is 4.30. The zero-order valence-electron chi connectivity index (χ0n) is 16.8. The first kappa shape index (κ1) is 21.3. The molecule has 0 saturated carbocycles. The number of benzene rings is 2. The van der Waals surface area contributed by atoms with Crippen LogP contribution in [0.2, 0.25) is 5.02 Å². The molecule has 9 heteroatoms. The number of fused-ring (bicyclic) bond motifs is 1. The van der Waals surface area contributed by atoms with Crippen LogP contribution >= 0.6 is 11.6 Å². The Morgan fingerprint density at radius 3 is 2.71 bits per heavy atom. The van der Waals surface area contributed by atoms with E-state index in [9.17, 15) is 19.3 Å². The van der Waals surface area contributed by atoms with Gasteiger partial charge in [-0.25, -0.2) is 4.39 Å². The number of amides is 1. The second-order valence-electron chi connectivity index (χ2n) is 7.64. The highest BCUT2D eigenvalue weighted by Crippen LogP contribution is 2.32. The highest BCUT2D eigenvalue weighted by atomic mass is 35.5. The van der Waals surface area contributed by atoms with E-state index in [4.69, 9.17) is 11.6 Å². The maximum absolute atomic E-state index is 14.6. The molecule has 0 radical (unpaired) electrons. The fourth-order valence-electron chi connectivity index (χ4n) is 4.16. The first-order valence-corrected chi connectivity index (χ1v) is 10.5. The Kier molecular flexibility index (Phi) is 6.20. The zero-order chi connectivity index (χ0) is 22.0. The summed E-state index contributed by atoms with van der Waals surface area (Å²) in [4.78, 5) is 25.3. The summed E-state index contributed by atoms with van der Waals surface area (Å²) in [6, 6.07) is 10.5. The van der Waals surface area contributed by atoms with E-state index in [1.54, 1.807) is 35.0 Å². The van der Waals surface area contributed by atoms with Crippen molar-refractivity contribution in [3.8, 4) is 0 Å². The van der Waals surface area contributed by atoms with Crippen LogP contribution in [0.3, 0.4) is 0 Å². The number of nitrogens with one attached hydrogen (secondary N) is 1. The first-order valence-electron chi connectivity index (χ1n) is 10.1. The van der Waals surface area contributed by atoms with Gasteiger partial charge in [0.15, 0.2) is 0 Å². The Labute approximate surface area is 183 Å². The van der Waals surface area contributed by atoms with E-state index in [1.807, 2.05) is 0 Å². The average Bonchev–Trinajstić information content (AvgIpc) is 3.40. The molecule has 4 rings (SSSR count). The molecule has 162 valence electrons. The van der Waals surface area contributed by atoms with Crippen LogP contribution in [-0.2, 0) is 11.3 Å². The topological polar surface area (TPSA) is 80.4 Å². The summed E-state index contributed by atoms with van der Waals surface area (Å²) in [5.74, 6) is -0.607. The van der Waals surface area contributed by atoms with Crippen LogP contribution in [0, 0.1) is 15.9 Å². The Morgan fingerprint density at radius 2 is 2.00 bits per heavy atom. The van der Waals surface area contributed by atoms with Gasteiger partial charge in [0.1, 0.15) is 12.4 Å². The van der Waals surface area contributed by atoms with Crippen molar-refractivity contribution < 1.29 is 14.1 Å². The Bertz CT molecular complexity index is 1110. The van der Waals surface area contributed by atoms with E-state index >= 15 is 0 Å². The monoisotopic (exact) mass is 444 g/mol. The van der Waals surface area contributed by atoms with E-state index in [-0.39, 0.29) is 36.5 Å². The number of nitro groups is 1. The van der Waals surface area contributed by atoms with Gasteiger partial charge >= 0.3 is 0 Å².